The highest BCUT2D eigenvalue weighted by Gasteiger charge is 2.30. The second-order valence-corrected chi connectivity index (χ2v) is 9.59. The molecule has 0 aromatic heterocycles. The van der Waals surface area contributed by atoms with Gasteiger partial charge in [0.25, 0.3) is 15.9 Å². The van der Waals surface area contributed by atoms with Gasteiger partial charge in [-0.3, -0.25) is 9.52 Å². The van der Waals surface area contributed by atoms with Crippen LogP contribution in [-0.2, 0) is 21.0 Å². The van der Waals surface area contributed by atoms with Crippen molar-refractivity contribution < 1.29 is 35.9 Å². The molecule has 0 atom stereocenters. The zero-order chi connectivity index (χ0) is 27.2. The van der Waals surface area contributed by atoms with E-state index in [4.69, 9.17) is 9.47 Å². The predicted octanol–water partition coefficient (Wildman–Crippen LogP) is 6.32. The fourth-order valence-electron chi connectivity index (χ4n) is 3.30. The standard InChI is InChI=1S/C27H21F3N2O5S/c28-27(29,30)19-7-6-8-20(17-19)32-38(34,35)23-15-13-21(14-16-23)36-18-26(33)31-24-11-4-5-12-25(24)37-22-9-2-1-3-10-22/h1-17,32H,18H2,(H,31,33). The molecule has 0 spiro atoms. The maximum absolute atomic E-state index is 12.9. The Morgan fingerprint density at radius 1 is 0.789 bits per heavy atom. The minimum Gasteiger partial charge on any atom is -0.484 e. The zero-order valence-electron chi connectivity index (χ0n) is 19.6. The summed E-state index contributed by atoms with van der Waals surface area (Å²) < 4.78 is 77.3. The average molecular weight is 543 g/mol. The molecule has 7 nitrogen and oxygen atoms in total. The SMILES string of the molecule is O=C(COc1ccc(S(=O)(=O)Nc2cccc(C(F)(F)F)c2)cc1)Nc1ccccc1Oc1ccccc1. The largest absolute Gasteiger partial charge is 0.484 e. The van der Waals surface area contributed by atoms with Crippen molar-refractivity contribution in [2.75, 3.05) is 16.6 Å². The first kappa shape index (κ1) is 26.6. The molecule has 0 aliphatic rings. The van der Waals surface area contributed by atoms with Gasteiger partial charge < -0.3 is 14.8 Å². The van der Waals surface area contributed by atoms with Crippen LogP contribution in [0.25, 0.3) is 0 Å². The van der Waals surface area contributed by atoms with Crippen molar-refractivity contribution >= 4 is 27.3 Å². The molecule has 0 aliphatic carbocycles. The number of alkyl halides is 3. The van der Waals surface area contributed by atoms with Crippen molar-refractivity contribution in [3.8, 4) is 17.2 Å². The summed E-state index contributed by atoms with van der Waals surface area (Å²) in [6.07, 6.45) is -4.61. The molecule has 0 radical (unpaired) electrons. The number of carbonyl (C=O) groups excluding carboxylic acids is 1. The molecule has 4 aromatic rings. The van der Waals surface area contributed by atoms with Crippen LogP contribution in [0.15, 0.2) is 108 Å². The molecule has 196 valence electrons. The molecule has 0 heterocycles. The number of para-hydroxylation sites is 3. The number of carbonyl (C=O) groups is 1. The summed E-state index contributed by atoms with van der Waals surface area (Å²) in [4.78, 5) is 12.2. The molecule has 38 heavy (non-hydrogen) atoms. The van der Waals surface area contributed by atoms with Crippen LogP contribution in [0.4, 0.5) is 24.5 Å². The molecule has 11 heteroatoms. The Morgan fingerprint density at radius 2 is 1.47 bits per heavy atom. The number of rotatable bonds is 9. The van der Waals surface area contributed by atoms with E-state index in [1.165, 1.54) is 30.3 Å². The van der Waals surface area contributed by atoms with E-state index in [1.54, 1.807) is 36.4 Å². The molecule has 1 amide bonds. The number of halogens is 3. The molecule has 0 saturated heterocycles. The van der Waals surface area contributed by atoms with Gasteiger partial charge in [0.15, 0.2) is 12.4 Å². The molecule has 0 aliphatic heterocycles. The molecule has 0 bridgehead atoms. The summed E-state index contributed by atoms with van der Waals surface area (Å²) in [6, 6.07) is 24.9. The molecule has 0 unspecified atom stereocenters. The van der Waals surface area contributed by atoms with Gasteiger partial charge in [0.05, 0.1) is 16.1 Å². The van der Waals surface area contributed by atoms with Crippen molar-refractivity contribution in [3.63, 3.8) is 0 Å². The third-order valence-electron chi connectivity index (χ3n) is 5.08. The topological polar surface area (TPSA) is 93.7 Å². The van der Waals surface area contributed by atoms with Gasteiger partial charge in [-0.1, -0.05) is 36.4 Å². The van der Waals surface area contributed by atoms with Crippen LogP contribution in [0.3, 0.4) is 0 Å². The molecular weight excluding hydrogens is 521 g/mol. The van der Waals surface area contributed by atoms with E-state index in [-0.39, 0.29) is 22.9 Å². The second-order valence-electron chi connectivity index (χ2n) is 7.90. The summed E-state index contributed by atoms with van der Waals surface area (Å²) >= 11 is 0. The fraction of sp³-hybridized carbons (Fsp3) is 0.0741. The van der Waals surface area contributed by atoms with Crippen molar-refractivity contribution in [2.24, 2.45) is 0 Å². The van der Waals surface area contributed by atoms with Crippen LogP contribution in [-0.4, -0.2) is 20.9 Å². The number of sulfonamides is 1. The Balaban J connectivity index is 1.35. The molecule has 4 rings (SSSR count). The quantitative estimate of drug-likeness (QED) is 0.258. The smallest absolute Gasteiger partial charge is 0.416 e. The monoisotopic (exact) mass is 542 g/mol. The summed E-state index contributed by atoms with van der Waals surface area (Å²) in [7, 11) is -4.16. The van der Waals surface area contributed by atoms with Crippen LogP contribution >= 0.6 is 0 Å². The molecule has 4 aromatic carbocycles. The number of hydrogen-bond acceptors (Lipinski definition) is 5. The Bertz CT molecular complexity index is 1510. The third kappa shape index (κ3) is 7.04. The summed E-state index contributed by atoms with van der Waals surface area (Å²) in [6.45, 7) is -0.367. The number of benzene rings is 4. The van der Waals surface area contributed by atoms with Crippen molar-refractivity contribution in [3.05, 3.63) is 109 Å². The summed E-state index contributed by atoms with van der Waals surface area (Å²) in [5, 5.41) is 2.70. The number of nitrogens with one attached hydrogen (secondary N) is 2. The average Bonchev–Trinajstić information content (AvgIpc) is 2.89. The molecule has 0 saturated carbocycles. The Hall–Kier alpha value is -4.51. The number of ether oxygens (including phenoxy) is 2. The number of anilines is 2. The lowest BCUT2D eigenvalue weighted by molar-refractivity contribution is -0.137. The van der Waals surface area contributed by atoms with Crippen molar-refractivity contribution in [2.45, 2.75) is 11.1 Å². The highest BCUT2D eigenvalue weighted by Crippen LogP contribution is 2.32. The van der Waals surface area contributed by atoms with Gasteiger partial charge in [0.1, 0.15) is 11.5 Å². The first-order chi connectivity index (χ1) is 18.1. The third-order valence-corrected chi connectivity index (χ3v) is 6.48. The summed E-state index contributed by atoms with van der Waals surface area (Å²) in [5.74, 6) is 0.780. The van der Waals surface area contributed by atoms with Gasteiger partial charge in [-0.05, 0) is 66.7 Å². The van der Waals surface area contributed by atoms with Gasteiger partial charge >= 0.3 is 6.18 Å². The molecule has 0 fully saturated rings. The van der Waals surface area contributed by atoms with Crippen LogP contribution in [0.5, 0.6) is 17.2 Å². The highest BCUT2D eigenvalue weighted by atomic mass is 32.2. The molecule has 2 N–H and O–H groups in total. The number of amides is 1. The van der Waals surface area contributed by atoms with Crippen LogP contribution in [0, 0.1) is 0 Å². The van der Waals surface area contributed by atoms with Crippen molar-refractivity contribution in [1.29, 1.82) is 0 Å². The maximum Gasteiger partial charge on any atom is 0.416 e. The van der Waals surface area contributed by atoms with Crippen LogP contribution in [0.1, 0.15) is 5.56 Å². The lowest BCUT2D eigenvalue weighted by Gasteiger charge is -2.13. The van der Waals surface area contributed by atoms with Gasteiger partial charge in [-0.25, -0.2) is 8.42 Å². The molecular formula is C27H21F3N2O5S. The lowest BCUT2D eigenvalue weighted by Crippen LogP contribution is -2.20. The van der Waals surface area contributed by atoms with Gasteiger partial charge in [-0.15, -0.1) is 0 Å². The van der Waals surface area contributed by atoms with E-state index in [2.05, 4.69) is 10.0 Å². The van der Waals surface area contributed by atoms with E-state index in [0.29, 0.717) is 23.3 Å². The normalized spacial score (nSPS) is 11.4. The fourth-order valence-corrected chi connectivity index (χ4v) is 4.35. The van der Waals surface area contributed by atoms with E-state index >= 15 is 0 Å². The first-order valence-electron chi connectivity index (χ1n) is 11.1. The predicted molar refractivity (Wildman–Crippen MR) is 136 cm³/mol. The number of hydrogen-bond donors (Lipinski definition) is 2. The second kappa shape index (κ2) is 11.3. The van der Waals surface area contributed by atoms with Crippen LogP contribution in [0.2, 0.25) is 0 Å². The summed E-state index contributed by atoms with van der Waals surface area (Å²) in [5.41, 5.74) is -0.769. The van der Waals surface area contributed by atoms with E-state index in [9.17, 15) is 26.4 Å². The van der Waals surface area contributed by atoms with Gasteiger partial charge in [0, 0.05) is 5.69 Å². The van der Waals surface area contributed by atoms with Gasteiger partial charge in [0.2, 0.25) is 0 Å². The Morgan fingerprint density at radius 3 is 2.18 bits per heavy atom. The Labute approximate surface area is 216 Å². The van der Waals surface area contributed by atoms with Crippen LogP contribution < -0.4 is 19.5 Å². The highest BCUT2D eigenvalue weighted by molar-refractivity contribution is 7.92. The Kier molecular flexibility index (Phi) is 7.87. The van der Waals surface area contributed by atoms with E-state index in [1.807, 2.05) is 18.2 Å². The first-order valence-corrected chi connectivity index (χ1v) is 12.6. The lowest BCUT2D eigenvalue weighted by atomic mass is 10.2. The zero-order valence-corrected chi connectivity index (χ0v) is 20.4. The minimum atomic E-state index is -4.61. The van der Waals surface area contributed by atoms with Gasteiger partial charge in [-0.2, -0.15) is 13.2 Å². The van der Waals surface area contributed by atoms with E-state index in [0.717, 1.165) is 12.1 Å². The maximum atomic E-state index is 12.9. The van der Waals surface area contributed by atoms with E-state index < -0.39 is 27.7 Å². The van der Waals surface area contributed by atoms with Crippen molar-refractivity contribution in [1.82, 2.24) is 0 Å². The minimum absolute atomic E-state index is 0.196.